The lowest BCUT2D eigenvalue weighted by atomic mass is 10.0. The van der Waals surface area contributed by atoms with Crippen LogP contribution < -0.4 is 0 Å². The molecule has 0 saturated heterocycles. The Bertz CT molecular complexity index is 434. The molecule has 1 rings (SSSR count). The zero-order valence-electron chi connectivity index (χ0n) is 26.1. The summed E-state index contributed by atoms with van der Waals surface area (Å²) in [6, 6.07) is 0. The molecule has 2 nitrogen and oxygen atoms in total. The van der Waals surface area contributed by atoms with Crippen LogP contribution in [0.2, 0.25) is 0 Å². The van der Waals surface area contributed by atoms with Crippen molar-refractivity contribution in [2.45, 2.75) is 200 Å². The van der Waals surface area contributed by atoms with Gasteiger partial charge in [-0.1, -0.05) is 175 Å². The van der Waals surface area contributed by atoms with Gasteiger partial charge < -0.3 is 9.80 Å². The molecule has 0 N–H and O–H groups in total. The highest BCUT2D eigenvalue weighted by Crippen LogP contribution is 2.21. The van der Waals surface area contributed by atoms with Crippen molar-refractivity contribution in [3.05, 3.63) is 12.4 Å². The van der Waals surface area contributed by atoms with Gasteiger partial charge in [0.25, 0.3) is 0 Å². The van der Waals surface area contributed by atoms with E-state index in [9.17, 15) is 0 Å². The zero-order chi connectivity index (χ0) is 26.7. The van der Waals surface area contributed by atoms with E-state index in [4.69, 9.17) is 0 Å². The Labute approximate surface area is 235 Å². The molecular weight excluding hydrogens is 448 g/mol. The molecule has 0 aromatic carbocycles. The molecule has 0 saturated carbocycles. The van der Waals surface area contributed by atoms with E-state index in [1.54, 1.807) is 0 Å². The Morgan fingerprint density at radius 2 is 0.595 bits per heavy atom. The van der Waals surface area contributed by atoms with Gasteiger partial charge in [0.05, 0.1) is 0 Å². The summed E-state index contributed by atoms with van der Waals surface area (Å²) in [7, 11) is 0. The van der Waals surface area contributed by atoms with Crippen LogP contribution in [0.4, 0.5) is 0 Å². The molecule has 0 spiro atoms. The van der Waals surface area contributed by atoms with Crippen LogP contribution in [0.5, 0.6) is 0 Å². The predicted octanol–water partition coefficient (Wildman–Crippen LogP) is 12.0. The third-order valence-corrected chi connectivity index (χ3v) is 8.62. The van der Waals surface area contributed by atoms with E-state index >= 15 is 0 Å². The quantitative estimate of drug-likeness (QED) is 0.0908. The summed E-state index contributed by atoms with van der Waals surface area (Å²) in [6.07, 6.45) is 44.1. The normalized spacial score (nSPS) is 13.9. The first-order chi connectivity index (χ1) is 18.3. The number of rotatable bonds is 29. The van der Waals surface area contributed by atoms with E-state index in [2.05, 4.69) is 43.0 Å². The first kappa shape index (κ1) is 34.4. The van der Waals surface area contributed by atoms with Gasteiger partial charge in [0.1, 0.15) is 6.17 Å². The molecule has 1 aliphatic rings. The SMILES string of the molecule is CCCCCCCCCCCCCCCN1C=CN(CCCCCCCCCCCCCCC)C1CC. The summed E-state index contributed by atoms with van der Waals surface area (Å²) in [5, 5.41) is 0. The Morgan fingerprint density at radius 1 is 0.351 bits per heavy atom. The molecule has 1 aliphatic heterocycles. The fraction of sp³-hybridized carbons (Fsp3) is 0.943. The minimum Gasteiger partial charge on any atom is -0.356 e. The summed E-state index contributed by atoms with van der Waals surface area (Å²) >= 11 is 0. The Hall–Kier alpha value is -0.660. The molecule has 0 aliphatic carbocycles. The molecular formula is C35H70N2. The topological polar surface area (TPSA) is 6.48 Å². The lowest BCUT2D eigenvalue weighted by Gasteiger charge is -2.32. The van der Waals surface area contributed by atoms with Crippen LogP contribution in [-0.2, 0) is 0 Å². The van der Waals surface area contributed by atoms with Gasteiger partial charge in [0.2, 0.25) is 0 Å². The summed E-state index contributed by atoms with van der Waals surface area (Å²) in [5.41, 5.74) is 0. The van der Waals surface area contributed by atoms with E-state index in [-0.39, 0.29) is 0 Å². The van der Waals surface area contributed by atoms with Gasteiger partial charge >= 0.3 is 0 Å². The number of unbranched alkanes of at least 4 members (excludes halogenated alkanes) is 24. The van der Waals surface area contributed by atoms with Crippen molar-refractivity contribution in [1.82, 2.24) is 9.80 Å². The van der Waals surface area contributed by atoms with E-state index < -0.39 is 0 Å². The average molecular weight is 519 g/mol. The molecule has 37 heavy (non-hydrogen) atoms. The molecule has 1 heterocycles. The second-order valence-electron chi connectivity index (χ2n) is 12.1. The minimum atomic E-state index is 0.620. The Balaban J connectivity index is 1.90. The molecule has 0 fully saturated rings. The van der Waals surface area contributed by atoms with Crippen LogP contribution in [-0.4, -0.2) is 29.1 Å². The highest BCUT2D eigenvalue weighted by molar-refractivity contribution is 4.96. The number of nitrogens with zero attached hydrogens (tertiary/aromatic N) is 2. The third-order valence-electron chi connectivity index (χ3n) is 8.62. The second-order valence-corrected chi connectivity index (χ2v) is 12.1. The Morgan fingerprint density at radius 3 is 0.838 bits per heavy atom. The van der Waals surface area contributed by atoms with Gasteiger partial charge in [-0.05, 0) is 19.3 Å². The van der Waals surface area contributed by atoms with Gasteiger partial charge in [-0.3, -0.25) is 0 Å². The van der Waals surface area contributed by atoms with Gasteiger partial charge in [-0.25, -0.2) is 0 Å². The Kier molecular flexibility index (Phi) is 25.0. The maximum atomic E-state index is 2.63. The summed E-state index contributed by atoms with van der Waals surface area (Å²) in [5.74, 6) is 0. The summed E-state index contributed by atoms with van der Waals surface area (Å²) in [6.45, 7) is 9.48. The van der Waals surface area contributed by atoms with E-state index in [1.807, 2.05) is 0 Å². The fourth-order valence-electron chi connectivity index (χ4n) is 6.10. The molecule has 0 unspecified atom stereocenters. The van der Waals surface area contributed by atoms with Crippen molar-refractivity contribution in [3.8, 4) is 0 Å². The van der Waals surface area contributed by atoms with Crippen molar-refractivity contribution in [1.29, 1.82) is 0 Å². The lowest BCUT2D eigenvalue weighted by Crippen LogP contribution is -2.38. The lowest BCUT2D eigenvalue weighted by molar-refractivity contribution is 0.144. The summed E-state index contributed by atoms with van der Waals surface area (Å²) in [4.78, 5) is 5.25. The van der Waals surface area contributed by atoms with Crippen molar-refractivity contribution in [3.63, 3.8) is 0 Å². The standard InChI is InChI=1S/C35H70N2/c1-4-7-9-11-13-15-17-19-21-23-25-27-29-31-36-33-34-37(35(36)6-3)32-30-28-26-24-22-20-18-16-14-12-10-8-5-2/h33-35H,4-32H2,1-3H3. The van der Waals surface area contributed by atoms with Crippen LogP contribution in [0.1, 0.15) is 194 Å². The average Bonchev–Trinajstić information content (AvgIpc) is 3.31. The van der Waals surface area contributed by atoms with E-state index in [0.29, 0.717) is 6.17 Å². The first-order valence-electron chi connectivity index (χ1n) is 17.5. The first-order valence-corrected chi connectivity index (χ1v) is 17.5. The molecule has 0 aromatic rings. The largest absolute Gasteiger partial charge is 0.356 e. The van der Waals surface area contributed by atoms with Crippen molar-refractivity contribution >= 4 is 0 Å². The monoisotopic (exact) mass is 519 g/mol. The predicted molar refractivity (Wildman–Crippen MR) is 168 cm³/mol. The van der Waals surface area contributed by atoms with Crippen molar-refractivity contribution in [2.75, 3.05) is 13.1 Å². The smallest absolute Gasteiger partial charge is 0.100 e. The van der Waals surface area contributed by atoms with Gasteiger partial charge in [0, 0.05) is 25.5 Å². The fourth-order valence-corrected chi connectivity index (χ4v) is 6.10. The maximum absolute atomic E-state index is 2.63. The van der Waals surface area contributed by atoms with Crippen LogP contribution >= 0.6 is 0 Å². The van der Waals surface area contributed by atoms with Crippen LogP contribution in [0, 0.1) is 0 Å². The molecule has 0 atom stereocenters. The second kappa shape index (κ2) is 26.9. The highest BCUT2D eigenvalue weighted by atomic mass is 15.4. The molecule has 0 amide bonds. The molecule has 220 valence electrons. The van der Waals surface area contributed by atoms with Crippen molar-refractivity contribution in [2.24, 2.45) is 0 Å². The summed E-state index contributed by atoms with van der Waals surface area (Å²) < 4.78 is 0. The zero-order valence-corrected chi connectivity index (χ0v) is 26.1. The molecule has 0 aromatic heterocycles. The van der Waals surface area contributed by atoms with Gasteiger partial charge in [-0.2, -0.15) is 0 Å². The van der Waals surface area contributed by atoms with E-state index in [1.165, 1.54) is 186 Å². The minimum absolute atomic E-state index is 0.620. The number of hydrogen-bond donors (Lipinski definition) is 0. The maximum Gasteiger partial charge on any atom is 0.100 e. The van der Waals surface area contributed by atoms with Crippen molar-refractivity contribution < 1.29 is 0 Å². The van der Waals surface area contributed by atoms with Gasteiger partial charge in [0.15, 0.2) is 0 Å². The van der Waals surface area contributed by atoms with E-state index in [0.717, 1.165) is 0 Å². The molecule has 2 heteroatoms. The van der Waals surface area contributed by atoms with Crippen LogP contribution in [0.15, 0.2) is 12.4 Å². The molecule has 0 radical (unpaired) electrons. The van der Waals surface area contributed by atoms with Gasteiger partial charge in [-0.15, -0.1) is 0 Å². The van der Waals surface area contributed by atoms with Crippen LogP contribution in [0.25, 0.3) is 0 Å². The van der Waals surface area contributed by atoms with Crippen LogP contribution in [0.3, 0.4) is 0 Å². The molecule has 0 bridgehead atoms. The highest BCUT2D eigenvalue weighted by Gasteiger charge is 2.23. The number of hydrogen-bond acceptors (Lipinski definition) is 2. The third kappa shape index (κ3) is 20.0.